The minimum absolute atomic E-state index is 0.0613. The summed E-state index contributed by atoms with van der Waals surface area (Å²) in [4.78, 5) is 10.6. The summed E-state index contributed by atoms with van der Waals surface area (Å²) in [6, 6.07) is 0. The van der Waals surface area contributed by atoms with Crippen molar-refractivity contribution in [3.05, 3.63) is 0 Å². The van der Waals surface area contributed by atoms with Gasteiger partial charge in [0.1, 0.15) is 12.1 Å². The minimum Gasteiger partial charge on any atom is -0.550 e. The molecule has 0 spiro atoms. The predicted molar refractivity (Wildman–Crippen MR) is 58.4 cm³/mol. The highest BCUT2D eigenvalue weighted by Crippen LogP contribution is 2.21. The van der Waals surface area contributed by atoms with Crippen LogP contribution < -0.4 is 5.11 Å². The number of aliphatic carboxylic acids is 1. The first-order valence-corrected chi connectivity index (χ1v) is 5.52. The molecular formula is C11H23NO4. The van der Waals surface area contributed by atoms with Crippen molar-refractivity contribution >= 4 is 5.97 Å². The Hall–Kier alpha value is -0.650. The first-order chi connectivity index (χ1) is 7.18. The maximum atomic E-state index is 10.6. The SMILES string of the molecule is C[N+](C)(C)CC(O)(CCCCO)CC(=O)[O-]. The van der Waals surface area contributed by atoms with Crippen LogP contribution >= 0.6 is 0 Å². The summed E-state index contributed by atoms with van der Waals surface area (Å²) in [6.45, 7) is 0.415. The van der Waals surface area contributed by atoms with Gasteiger partial charge in [0, 0.05) is 19.0 Å². The van der Waals surface area contributed by atoms with E-state index >= 15 is 0 Å². The zero-order chi connectivity index (χ0) is 12.8. The number of rotatable bonds is 8. The van der Waals surface area contributed by atoms with Gasteiger partial charge in [0.25, 0.3) is 0 Å². The van der Waals surface area contributed by atoms with E-state index in [2.05, 4.69) is 0 Å². The maximum absolute atomic E-state index is 10.6. The fourth-order valence-electron chi connectivity index (χ4n) is 1.94. The molecule has 0 aromatic heterocycles. The predicted octanol–water partition coefficient (Wildman–Crippen LogP) is -1.27. The number of hydrogen-bond acceptors (Lipinski definition) is 4. The molecule has 0 aliphatic carbocycles. The fourth-order valence-corrected chi connectivity index (χ4v) is 1.94. The molecule has 0 aliphatic heterocycles. The largest absolute Gasteiger partial charge is 0.550 e. The number of aliphatic hydroxyl groups excluding tert-OH is 1. The number of carbonyl (C=O) groups excluding carboxylic acids is 1. The number of likely N-dealkylation sites (N-methyl/N-ethyl adjacent to an activating group) is 1. The average molecular weight is 233 g/mol. The second-order valence-corrected chi connectivity index (χ2v) is 5.40. The lowest BCUT2D eigenvalue weighted by atomic mass is 9.92. The first kappa shape index (κ1) is 15.3. The quantitative estimate of drug-likeness (QED) is 0.404. The second kappa shape index (κ2) is 6.18. The van der Waals surface area contributed by atoms with Crippen molar-refractivity contribution in [2.75, 3.05) is 34.3 Å². The van der Waals surface area contributed by atoms with Crippen LogP contribution in [-0.4, -0.2) is 60.6 Å². The van der Waals surface area contributed by atoms with E-state index in [1.807, 2.05) is 21.1 Å². The highest BCUT2D eigenvalue weighted by molar-refractivity contribution is 5.65. The number of unbranched alkanes of at least 4 members (excludes halogenated alkanes) is 1. The number of quaternary nitrogens is 1. The molecule has 0 amide bonds. The molecule has 96 valence electrons. The smallest absolute Gasteiger partial charge is 0.119 e. The Morgan fingerprint density at radius 1 is 1.31 bits per heavy atom. The van der Waals surface area contributed by atoms with Gasteiger partial charge in [-0.2, -0.15) is 0 Å². The summed E-state index contributed by atoms with van der Waals surface area (Å²) in [5.41, 5.74) is -1.24. The number of carboxylic acids is 1. The molecule has 0 aromatic rings. The van der Waals surface area contributed by atoms with Crippen molar-refractivity contribution in [2.45, 2.75) is 31.3 Å². The van der Waals surface area contributed by atoms with E-state index in [9.17, 15) is 15.0 Å². The topological polar surface area (TPSA) is 80.6 Å². The van der Waals surface area contributed by atoms with E-state index in [-0.39, 0.29) is 13.0 Å². The van der Waals surface area contributed by atoms with Crippen LogP contribution in [0.25, 0.3) is 0 Å². The molecule has 0 saturated heterocycles. The van der Waals surface area contributed by atoms with Gasteiger partial charge in [-0.25, -0.2) is 0 Å². The molecule has 16 heavy (non-hydrogen) atoms. The Balaban J connectivity index is 4.42. The van der Waals surface area contributed by atoms with Crippen molar-refractivity contribution in [3.63, 3.8) is 0 Å². The second-order valence-electron chi connectivity index (χ2n) is 5.40. The molecule has 0 radical (unpaired) electrons. The van der Waals surface area contributed by atoms with Crippen LogP contribution in [0.2, 0.25) is 0 Å². The zero-order valence-electron chi connectivity index (χ0n) is 10.4. The molecule has 1 atom stereocenters. The Bertz CT molecular complexity index is 225. The van der Waals surface area contributed by atoms with Crippen LogP contribution in [0.3, 0.4) is 0 Å². The summed E-state index contributed by atoms with van der Waals surface area (Å²) >= 11 is 0. The number of hydrogen-bond donors (Lipinski definition) is 2. The first-order valence-electron chi connectivity index (χ1n) is 5.52. The molecule has 0 heterocycles. The van der Waals surface area contributed by atoms with Crippen LogP contribution in [0.15, 0.2) is 0 Å². The molecule has 0 saturated carbocycles. The van der Waals surface area contributed by atoms with Gasteiger partial charge in [-0.1, -0.05) is 0 Å². The van der Waals surface area contributed by atoms with Gasteiger partial charge in [0.2, 0.25) is 0 Å². The number of carboxylic acid groups (broad SMARTS) is 1. The summed E-state index contributed by atoms with van der Waals surface area (Å²) in [6.07, 6.45) is 1.21. The van der Waals surface area contributed by atoms with Gasteiger partial charge in [-0.15, -0.1) is 0 Å². The molecule has 5 heteroatoms. The van der Waals surface area contributed by atoms with Crippen molar-refractivity contribution in [1.29, 1.82) is 0 Å². The van der Waals surface area contributed by atoms with Gasteiger partial charge < -0.3 is 24.6 Å². The minimum atomic E-state index is -1.24. The van der Waals surface area contributed by atoms with Gasteiger partial charge >= 0.3 is 0 Å². The molecule has 2 N–H and O–H groups in total. The van der Waals surface area contributed by atoms with Crippen molar-refractivity contribution in [2.24, 2.45) is 0 Å². The highest BCUT2D eigenvalue weighted by atomic mass is 16.4. The van der Waals surface area contributed by atoms with Crippen LogP contribution in [0.5, 0.6) is 0 Å². The monoisotopic (exact) mass is 233 g/mol. The summed E-state index contributed by atoms with van der Waals surface area (Å²) in [5.74, 6) is -1.24. The van der Waals surface area contributed by atoms with Crippen LogP contribution in [0.1, 0.15) is 25.7 Å². The normalized spacial score (nSPS) is 15.8. The van der Waals surface area contributed by atoms with Crippen LogP contribution in [-0.2, 0) is 4.79 Å². The number of carbonyl (C=O) groups is 1. The van der Waals surface area contributed by atoms with E-state index in [1.54, 1.807) is 0 Å². The van der Waals surface area contributed by atoms with E-state index < -0.39 is 11.6 Å². The van der Waals surface area contributed by atoms with Crippen LogP contribution in [0, 0.1) is 0 Å². The third-order valence-corrected chi connectivity index (χ3v) is 2.29. The van der Waals surface area contributed by atoms with E-state index in [0.717, 1.165) is 0 Å². The standard InChI is InChI=1S/C11H23NO4/c1-12(2,3)9-11(16,8-10(14)15)6-4-5-7-13/h13,16H,4-9H2,1-3H3. The Kier molecular flexibility index (Phi) is 5.92. The molecule has 5 nitrogen and oxygen atoms in total. The summed E-state index contributed by atoms with van der Waals surface area (Å²) in [5, 5.41) is 29.5. The molecule has 0 rings (SSSR count). The van der Waals surface area contributed by atoms with E-state index in [4.69, 9.17) is 5.11 Å². The lowest BCUT2D eigenvalue weighted by molar-refractivity contribution is -0.877. The van der Waals surface area contributed by atoms with Crippen molar-refractivity contribution < 1.29 is 24.6 Å². The average Bonchev–Trinajstić information content (AvgIpc) is 1.98. The number of aliphatic hydroxyl groups is 2. The molecule has 1 unspecified atom stereocenters. The van der Waals surface area contributed by atoms with Crippen LogP contribution in [0.4, 0.5) is 0 Å². The Morgan fingerprint density at radius 2 is 1.88 bits per heavy atom. The zero-order valence-corrected chi connectivity index (χ0v) is 10.4. The third kappa shape index (κ3) is 7.62. The van der Waals surface area contributed by atoms with Crippen molar-refractivity contribution in [1.82, 2.24) is 0 Å². The molecule has 0 fully saturated rings. The summed E-state index contributed by atoms with van der Waals surface area (Å²) in [7, 11) is 5.69. The van der Waals surface area contributed by atoms with Gasteiger partial charge in [0.15, 0.2) is 0 Å². The Labute approximate surface area is 96.9 Å². The molecule has 0 bridgehead atoms. The summed E-state index contributed by atoms with van der Waals surface area (Å²) < 4.78 is 0.489. The molecule has 0 aromatic carbocycles. The maximum Gasteiger partial charge on any atom is 0.119 e. The van der Waals surface area contributed by atoms with Crippen molar-refractivity contribution in [3.8, 4) is 0 Å². The van der Waals surface area contributed by atoms with Gasteiger partial charge in [0.05, 0.1) is 21.1 Å². The fraction of sp³-hybridized carbons (Fsp3) is 0.909. The lowest BCUT2D eigenvalue weighted by Crippen LogP contribution is -2.51. The molecular weight excluding hydrogens is 210 g/mol. The molecule has 0 aliphatic rings. The lowest BCUT2D eigenvalue weighted by Gasteiger charge is -2.36. The van der Waals surface area contributed by atoms with E-state index in [1.165, 1.54) is 0 Å². The number of nitrogens with zero attached hydrogens (tertiary/aromatic N) is 1. The van der Waals surface area contributed by atoms with E-state index in [0.29, 0.717) is 30.3 Å². The third-order valence-electron chi connectivity index (χ3n) is 2.29. The van der Waals surface area contributed by atoms with Gasteiger partial charge in [-0.3, -0.25) is 0 Å². The van der Waals surface area contributed by atoms with Gasteiger partial charge in [-0.05, 0) is 19.3 Å². The Morgan fingerprint density at radius 3 is 2.25 bits per heavy atom. The highest BCUT2D eigenvalue weighted by Gasteiger charge is 2.33.